The Bertz CT molecular complexity index is 479. The molecule has 0 aliphatic carbocycles. The number of hydrogen-bond donors (Lipinski definition) is 1. The molecule has 1 heterocycles. The zero-order valence-corrected chi connectivity index (χ0v) is 13.2. The zero-order valence-electron chi connectivity index (χ0n) is 11.7. The third kappa shape index (κ3) is 3.46. The third-order valence-electron chi connectivity index (χ3n) is 3.80. The summed E-state index contributed by atoms with van der Waals surface area (Å²) < 4.78 is 0. The molecule has 5 heteroatoms. The number of nitrogens with zero attached hydrogens (tertiary/aromatic N) is 1. The van der Waals surface area contributed by atoms with Crippen LogP contribution in [0.25, 0.3) is 0 Å². The van der Waals surface area contributed by atoms with Gasteiger partial charge in [-0.2, -0.15) is 0 Å². The fraction of sp³-hybridized carbons (Fsp3) is 0.533. The van der Waals surface area contributed by atoms with Crippen LogP contribution in [0, 0.1) is 0 Å². The summed E-state index contributed by atoms with van der Waals surface area (Å²) in [5.41, 5.74) is 0.510. The minimum absolute atomic E-state index is 0.00157. The average Bonchev–Trinajstić information content (AvgIpc) is 2.47. The Morgan fingerprint density at radius 2 is 2.20 bits per heavy atom. The molecule has 0 saturated carbocycles. The second-order valence-corrected chi connectivity index (χ2v) is 5.93. The highest BCUT2D eigenvalue weighted by Gasteiger charge is 2.28. The van der Waals surface area contributed by atoms with E-state index in [2.05, 4.69) is 5.32 Å². The Morgan fingerprint density at radius 3 is 2.95 bits per heavy atom. The SMILES string of the molecule is CNCCC1CCCCN1C(=O)c1cccc(Cl)c1Cl. The molecule has 1 unspecified atom stereocenters. The smallest absolute Gasteiger partial charge is 0.255 e. The van der Waals surface area contributed by atoms with E-state index in [1.54, 1.807) is 18.2 Å². The topological polar surface area (TPSA) is 32.3 Å². The molecule has 0 bridgehead atoms. The Kier molecular flexibility index (Phi) is 5.70. The van der Waals surface area contributed by atoms with Crippen molar-refractivity contribution < 1.29 is 4.79 Å². The molecule has 3 nitrogen and oxygen atoms in total. The molecule has 1 N–H and O–H groups in total. The van der Waals surface area contributed by atoms with Gasteiger partial charge >= 0.3 is 0 Å². The van der Waals surface area contributed by atoms with Crippen LogP contribution in [-0.2, 0) is 0 Å². The Balaban J connectivity index is 2.18. The monoisotopic (exact) mass is 314 g/mol. The summed E-state index contributed by atoms with van der Waals surface area (Å²) in [6.45, 7) is 1.72. The number of carbonyl (C=O) groups excluding carboxylic acids is 1. The summed E-state index contributed by atoms with van der Waals surface area (Å²) in [5.74, 6) is -0.00157. The van der Waals surface area contributed by atoms with Crippen LogP contribution >= 0.6 is 23.2 Å². The standard InChI is InChI=1S/C15H20Cl2N2O/c1-18-9-8-11-5-2-3-10-19(11)15(20)12-6-4-7-13(16)14(12)17/h4,6-7,11,18H,2-3,5,8-10H2,1H3. The van der Waals surface area contributed by atoms with Crippen molar-refractivity contribution in [2.24, 2.45) is 0 Å². The highest BCUT2D eigenvalue weighted by atomic mass is 35.5. The van der Waals surface area contributed by atoms with Gasteiger partial charge in [0, 0.05) is 12.6 Å². The summed E-state index contributed by atoms with van der Waals surface area (Å²) in [6, 6.07) is 5.52. The second kappa shape index (κ2) is 7.30. The number of likely N-dealkylation sites (tertiary alicyclic amines) is 1. The van der Waals surface area contributed by atoms with Crippen molar-refractivity contribution in [3.05, 3.63) is 33.8 Å². The maximum absolute atomic E-state index is 12.7. The first-order chi connectivity index (χ1) is 9.65. The number of rotatable bonds is 4. The van der Waals surface area contributed by atoms with Gasteiger partial charge in [-0.3, -0.25) is 4.79 Å². The Labute approximate surface area is 130 Å². The molecule has 1 fully saturated rings. The number of hydrogen-bond acceptors (Lipinski definition) is 2. The number of amides is 1. The van der Waals surface area contributed by atoms with Crippen LogP contribution in [0.15, 0.2) is 18.2 Å². The Morgan fingerprint density at radius 1 is 1.40 bits per heavy atom. The highest BCUT2D eigenvalue weighted by molar-refractivity contribution is 6.43. The van der Waals surface area contributed by atoms with Crippen LogP contribution in [0.5, 0.6) is 0 Å². The lowest BCUT2D eigenvalue weighted by molar-refractivity contribution is 0.0603. The van der Waals surface area contributed by atoms with E-state index in [0.29, 0.717) is 21.7 Å². The predicted molar refractivity (Wildman–Crippen MR) is 83.7 cm³/mol. The van der Waals surface area contributed by atoms with Crippen molar-refractivity contribution in [2.75, 3.05) is 20.1 Å². The number of halogens is 2. The summed E-state index contributed by atoms with van der Waals surface area (Å²) in [4.78, 5) is 14.7. The van der Waals surface area contributed by atoms with Crippen molar-refractivity contribution in [3.63, 3.8) is 0 Å². The molecule has 2 rings (SSSR count). The first-order valence-electron chi connectivity index (χ1n) is 7.04. The van der Waals surface area contributed by atoms with Crippen molar-refractivity contribution in [1.82, 2.24) is 10.2 Å². The molecule has 110 valence electrons. The lowest BCUT2D eigenvalue weighted by Crippen LogP contribution is -2.44. The number of benzene rings is 1. The summed E-state index contributed by atoms with van der Waals surface area (Å²) >= 11 is 12.2. The van der Waals surface area contributed by atoms with Gasteiger partial charge in [-0.1, -0.05) is 29.3 Å². The van der Waals surface area contributed by atoms with E-state index in [4.69, 9.17) is 23.2 Å². The van der Waals surface area contributed by atoms with Crippen LogP contribution in [0.2, 0.25) is 10.0 Å². The van der Waals surface area contributed by atoms with Crippen molar-refractivity contribution >= 4 is 29.1 Å². The molecule has 1 aliphatic rings. The van der Waals surface area contributed by atoms with Gasteiger partial charge < -0.3 is 10.2 Å². The number of carbonyl (C=O) groups is 1. The van der Waals surface area contributed by atoms with Gasteiger partial charge in [-0.15, -0.1) is 0 Å². The van der Waals surface area contributed by atoms with Crippen molar-refractivity contribution in [1.29, 1.82) is 0 Å². The molecule has 1 aromatic carbocycles. The van der Waals surface area contributed by atoms with E-state index in [1.165, 1.54) is 6.42 Å². The third-order valence-corrected chi connectivity index (χ3v) is 4.62. The second-order valence-electron chi connectivity index (χ2n) is 5.14. The predicted octanol–water partition coefficient (Wildman–Crippen LogP) is 3.60. The van der Waals surface area contributed by atoms with Crippen LogP contribution in [0.4, 0.5) is 0 Å². The number of piperidine rings is 1. The lowest BCUT2D eigenvalue weighted by Gasteiger charge is -2.36. The first kappa shape index (κ1) is 15.6. The minimum Gasteiger partial charge on any atom is -0.336 e. The van der Waals surface area contributed by atoms with Gasteiger partial charge in [0.05, 0.1) is 15.6 Å². The number of nitrogens with one attached hydrogen (secondary N) is 1. The molecule has 20 heavy (non-hydrogen) atoms. The molecule has 0 radical (unpaired) electrons. The molecule has 1 saturated heterocycles. The molecular weight excluding hydrogens is 295 g/mol. The van der Waals surface area contributed by atoms with E-state index < -0.39 is 0 Å². The van der Waals surface area contributed by atoms with E-state index in [1.807, 2.05) is 11.9 Å². The van der Waals surface area contributed by atoms with Crippen LogP contribution < -0.4 is 5.32 Å². The van der Waals surface area contributed by atoms with E-state index in [9.17, 15) is 4.79 Å². The van der Waals surface area contributed by atoms with Crippen molar-refractivity contribution in [3.8, 4) is 0 Å². The summed E-state index contributed by atoms with van der Waals surface area (Å²) in [7, 11) is 1.93. The maximum atomic E-state index is 12.7. The van der Waals surface area contributed by atoms with Gasteiger partial charge in [0.2, 0.25) is 0 Å². The van der Waals surface area contributed by atoms with Gasteiger partial charge in [-0.05, 0) is 51.4 Å². The van der Waals surface area contributed by atoms with Gasteiger partial charge in [0.15, 0.2) is 0 Å². The molecule has 1 aliphatic heterocycles. The van der Waals surface area contributed by atoms with Crippen molar-refractivity contribution in [2.45, 2.75) is 31.7 Å². The fourth-order valence-corrected chi connectivity index (χ4v) is 3.08. The normalized spacial score (nSPS) is 19.1. The molecule has 0 aromatic heterocycles. The quantitative estimate of drug-likeness (QED) is 0.921. The maximum Gasteiger partial charge on any atom is 0.255 e. The lowest BCUT2D eigenvalue weighted by atomic mass is 9.98. The highest BCUT2D eigenvalue weighted by Crippen LogP contribution is 2.29. The molecule has 0 spiro atoms. The van der Waals surface area contributed by atoms with Gasteiger partial charge in [0.1, 0.15) is 0 Å². The van der Waals surface area contributed by atoms with E-state index in [0.717, 1.165) is 32.4 Å². The zero-order chi connectivity index (χ0) is 14.5. The molecular formula is C15H20Cl2N2O. The largest absolute Gasteiger partial charge is 0.336 e. The summed E-state index contributed by atoms with van der Waals surface area (Å²) in [6.07, 6.45) is 4.27. The fourth-order valence-electron chi connectivity index (χ4n) is 2.70. The molecule has 1 atom stereocenters. The first-order valence-corrected chi connectivity index (χ1v) is 7.80. The Hall–Kier alpha value is -0.770. The van der Waals surface area contributed by atoms with E-state index >= 15 is 0 Å². The van der Waals surface area contributed by atoms with Gasteiger partial charge in [-0.25, -0.2) is 0 Å². The summed E-state index contributed by atoms with van der Waals surface area (Å²) in [5, 5.41) is 3.94. The van der Waals surface area contributed by atoms with Gasteiger partial charge in [0.25, 0.3) is 5.91 Å². The van der Waals surface area contributed by atoms with E-state index in [-0.39, 0.29) is 5.91 Å². The van der Waals surface area contributed by atoms with Crippen LogP contribution in [-0.4, -0.2) is 37.0 Å². The average molecular weight is 315 g/mol. The van der Waals surface area contributed by atoms with Crippen LogP contribution in [0.1, 0.15) is 36.0 Å². The molecule has 1 amide bonds. The molecule has 1 aromatic rings. The van der Waals surface area contributed by atoms with Crippen LogP contribution in [0.3, 0.4) is 0 Å². The minimum atomic E-state index is -0.00157.